The molecule has 2 nitrogen and oxygen atoms in total. The van der Waals surface area contributed by atoms with Gasteiger partial charge in [0.15, 0.2) is 5.78 Å². The van der Waals surface area contributed by atoms with Crippen LogP contribution in [0.15, 0.2) is 12.1 Å². The minimum atomic E-state index is -2.87. The lowest BCUT2D eigenvalue weighted by atomic mass is 10.0. The van der Waals surface area contributed by atoms with Crippen LogP contribution in [-0.2, 0) is 0 Å². The number of hydrogen-bond donors (Lipinski definition) is 1. The fourth-order valence-corrected chi connectivity index (χ4v) is 1.46. The number of nitrogens with one attached hydrogen (secondary N) is 1. The minimum absolute atomic E-state index is 0.0485. The van der Waals surface area contributed by atoms with Crippen molar-refractivity contribution in [2.24, 2.45) is 0 Å². The van der Waals surface area contributed by atoms with Crippen LogP contribution in [-0.4, -0.2) is 19.4 Å². The van der Waals surface area contributed by atoms with E-state index in [2.05, 4.69) is 5.32 Å². The van der Waals surface area contributed by atoms with Crippen LogP contribution < -0.4 is 5.32 Å². The Morgan fingerprint density at radius 1 is 1.44 bits per heavy atom. The highest BCUT2D eigenvalue weighted by Gasteiger charge is 2.18. The molecule has 1 N–H and O–H groups in total. The highest BCUT2D eigenvalue weighted by molar-refractivity contribution is 5.97. The average Bonchev–Trinajstić information content (AvgIpc) is 2.16. The van der Waals surface area contributed by atoms with Crippen molar-refractivity contribution in [1.82, 2.24) is 5.32 Å². The molecule has 0 spiro atoms. The number of benzene rings is 1. The second kappa shape index (κ2) is 5.12. The van der Waals surface area contributed by atoms with Crippen LogP contribution in [0.5, 0.6) is 0 Å². The lowest BCUT2D eigenvalue weighted by Crippen LogP contribution is -2.19. The molecule has 0 radical (unpaired) electrons. The minimum Gasteiger partial charge on any atom is -0.313 e. The number of carbonyl (C=O) groups is 1. The summed E-state index contributed by atoms with van der Waals surface area (Å²) in [6.07, 6.45) is -2.87. The molecule has 1 aromatic rings. The number of alkyl halides is 2. The maximum absolute atomic E-state index is 13.3. The number of carbonyl (C=O) groups excluding carboxylic acids is 1. The number of aryl methyl sites for hydroxylation is 1. The highest BCUT2D eigenvalue weighted by Crippen LogP contribution is 2.26. The molecule has 0 unspecified atom stereocenters. The molecule has 0 amide bonds. The van der Waals surface area contributed by atoms with E-state index in [-0.39, 0.29) is 23.5 Å². The molecule has 1 aromatic carbocycles. The first-order chi connectivity index (χ1) is 7.47. The van der Waals surface area contributed by atoms with Crippen LogP contribution in [0.1, 0.15) is 27.9 Å². The zero-order valence-electron chi connectivity index (χ0n) is 8.98. The summed E-state index contributed by atoms with van der Waals surface area (Å²) in [5.74, 6) is -1.36. The van der Waals surface area contributed by atoms with Gasteiger partial charge in [-0.05, 0) is 31.7 Å². The Balaban J connectivity index is 3.14. The van der Waals surface area contributed by atoms with Gasteiger partial charge in [-0.2, -0.15) is 0 Å². The van der Waals surface area contributed by atoms with E-state index >= 15 is 0 Å². The van der Waals surface area contributed by atoms with Crippen molar-refractivity contribution in [1.29, 1.82) is 0 Å². The molecular formula is C11H12F3NO. The van der Waals surface area contributed by atoms with E-state index in [1.807, 2.05) is 0 Å². The van der Waals surface area contributed by atoms with E-state index in [0.717, 1.165) is 6.07 Å². The number of halogens is 3. The van der Waals surface area contributed by atoms with Gasteiger partial charge in [-0.15, -0.1) is 0 Å². The normalized spacial score (nSPS) is 10.9. The molecule has 16 heavy (non-hydrogen) atoms. The third-order valence-corrected chi connectivity index (χ3v) is 2.21. The van der Waals surface area contributed by atoms with E-state index in [0.29, 0.717) is 0 Å². The van der Waals surface area contributed by atoms with Gasteiger partial charge < -0.3 is 5.32 Å². The molecule has 88 valence electrons. The Morgan fingerprint density at radius 2 is 2.06 bits per heavy atom. The summed E-state index contributed by atoms with van der Waals surface area (Å²) in [5, 5.41) is 2.62. The number of hydrogen-bond acceptors (Lipinski definition) is 2. The summed E-state index contributed by atoms with van der Waals surface area (Å²) in [6.45, 7) is 1.41. The van der Waals surface area contributed by atoms with Crippen LogP contribution in [0.3, 0.4) is 0 Å². The summed E-state index contributed by atoms with van der Waals surface area (Å²) in [5.41, 5.74) is -0.441. The van der Waals surface area contributed by atoms with Gasteiger partial charge in [0, 0.05) is 5.56 Å². The molecule has 1 rings (SSSR count). The summed E-state index contributed by atoms with van der Waals surface area (Å²) in [4.78, 5) is 11.4. The fourth-order valence-electron chi connectivity index (χ4n) is 1.46. The van der Waals surface area contributed by atoms with Gasteiger partial charge in [-0.25, -0.2) is 13.2 Å². The molecule has 5 heteroatoms. The molecule has 0 saturated heterocycles. The van der Waals surface area contributed by atoms with Crippen LogP contribution in [0.2, 0.25) is 0 Å². The number of likely N-dealkylation sites (N-methyl/N-ethyl adjacent to an activating group) is 1. The predicted molar refractivity (Wildman–Crippen MR) is 54.4 cm³/mol. The van der Waals surface area contributed by atoms with Crippen molar-refractivity contribution in [3.63, 3.8) is 0 Å². The Bertz CT molecular complexity index is 381. The van der Waals surface area contributed by atoms with Gasteiger partial charge >= 0.3 is 0 Å². The largest absolute Gasteiger partial charge is 0.313 e. The van der Waals surface area contributed by atoms with Crippen molar-refractivity contribution < 1.29 is 18.0 Å². The zero-order chi connectivity index (χ0) is 12.3. The molecule has 0 fully saturated rings. The molecule has 0 aliphatic carbocycles. The third-order valence-electron chi connectivity index (χ3n) is 2.21. The summed E-state index contributed by atoms with van der Waals surface area (Å²) >= 11 is 0. The van der Waals surface area contributed by atoms with Crippen LogP contribution in [0.4, 0.5) is 13.2 Å². The van der Waals surface area contributed by atoms with Gasteiger partial charge in [0.05, 0.1) is 12.1 Å². The first-order valence-corrected chi connectivity index (χ1v) is 4.73. The number of ketones is 1. The Morgan fingerprint density at radius 3 is 2.50 bits per heavy atom. The van der Waals surface area contributed by atoms with Crippen molar-refractivity contribution in [2.45, 2.75) is 13.3 Å². The molecule has 0 atom stereocenters. The average molecular weight is 231 g/mol. The third kappa shape index (κ3) is 2.61. The van der Waals surface area contributed by atoms with Crippen molar-refractivity contribution in [3.05, 3.63) is 34.6 Å². The smallest absolute Gasteiger partial charge is 0.266 e. The molecule has 0 bridgehead atoms. The van der Waals surface area contributed by atoms with Gasteiger partial charge in [-0.1, -0.05) is 0 Å². The number of Topliss-reactive ketones (excluding diaryl/α,β-unsaturated/α-hetero) is 1. The van der Waals surface area contributed by atoms with E-state index < -0.39 is 17.8 Å². The highest BCUT2D eigenvalue weighted by atomic mass is 19.3. The molecule has 0 saturated carbocycles. The van der Waals surface area contributed by atoms with E-state index in [9.17, 15) is 18.0 Å². The second-order valence-electron chi connectivity index (χ2n) is 3.44. The summed E-state index contributed by atoms with van der Waals surface area (Å²) in [7, 11) is 1.58. The van der Waals surface area contributed by atoms with E-state index in [1.165, 1.54) is 13.0 Å². The predicted octanol–water partition coefficient (Wildman–Crippen LogP) is 2.47. The van der Waals surface area contributed by atoms with E-state index in [1.54, 1.807) is 7.05 Å². The Kier molecular flexibility index (Phi) is 4.06. The van der Waals surface area contributed by atoms with E-state index in [4.69, 9.17) is 0 Å². The standard InChI is InChI=1S/C11H12F3NO/c1-6-3-7(9(16)5-15-2)4-8(12)10(6)11(13)14/h3-4,11,15H,5H2,1-2H3. The van der Waals surface area contributed by atoms with Gasteiger partial charge in [0.25, 0.3) is 6.43 Å². The fraction of sp³-hybridized carbons (Fsp3) is 0.364. The van der Waals surface area contributed by atoms with Gasteiger partial charge in [0.1, 0.15) is 5.82 Å². The zero-order valence-corrected chi connectivity index (χ0v) is 8.98. The maximum Gasteiger partial charge on any atom is 0.266 e. The lowest BCUT2D eigenvalue weighted by molar-refractivity contribution is 0.0992. The van der Waals surface area contributed by atoms with Crippen molar-refractivity contribution >= 4 is 5.78 Å². The first-order valence-electron chi connectivity index (χ1n) is 4.73. The molecular weight excluding hydrogens is 219 g/mol. The van der Waals surface area contributed by atoms with Crippen molar-refractivity contribution in [2.75, 3.05) is 13.6 Å². The summed E-state index contributed by atoms with van der Waals surface area (Å²) in [6, 6.07) is 2.14. The SMILES string of the molecule is CNCC(=O)c1cc(C)c(C(F)F)c(F)c1. The Labute approximate surface area is 91.5 Å². The van der Waals surface area contributed by atoms with Crippen LogP contribution in [0.25, 0.3) is 0 Å². The first kappa shape index (κ1) is 12.7. The molecule has 0 aromatic heterocycles. The topological polar surface area (TPSA) is 29.1 Å². The molecule has 0 aliphatic rings. The second-order valence-corrected chi connectivity index (χ2v) is 3.44. The maximum atomic E-state index is 13.3. The quantitative estimate of drug-likeness (QED) is 0.806. The van der Waals surface area contributed by atoms with Gasteiger partial charge in [-0.3, -0.25) is 4.79 Å². The van der Waals surface area contributed by atoms with Crippen LogP contribution in [0, 0.1) is 12.7 Å². The number of rotatable bonds is 4. The van der Waals surface area contributed by atoms with Crippen molar-refractivity contribution in [3.8, 4) is 0 Å². The Hall–Kier alpha value is -1.36. The molecule has 0 heterocycles. The molecule has 0 aliphatic heterocycles. The van der Waals surface area contributed by atoms with Crippen LogP contribution >= 0.6 is 0 Å². The van der Waals surface area contributed by atoms with Gasteiger partial charge in [0.2, 0.25) is 0 Å². The summed E-state index contributed by atoms with van der Waals surface area (Å²) < 4.78 is 38.2. The lowest BCUT2D eigenvalue weighted by Gasteiger charge is -2.08. The monoisotopic (exact) mass is 231 g/mol.